The molecule has 0 saturated carbocycles. The predicted octanol–water partition coefficient (Wildman–Crippen LogP) is 3.98. The Balaban J connectivity index is 1.81. The number of benzene rings is 3. The second kappa shape index (κ2) is 9.95. The SMILES string of the molecule is CC(=O)c1cccc(S(=O)(=O)Nc2cc(NC(=O)Cc3ccc(Cl)cc3)ccc2CN)c1. The van der Waals surface area contributed by atoms with Crippen molar-refractivity contribution in [2.45, 2.75) is 24.8 Å². The molecule has 0 unspecified atom stereocenters. The van der Waals surface area contributed by atoms with Crippen LogP contribution in [0.5, 0.6) is 0 Å². The zero-order valence-electron chi connectivity index (χ0n) is 17.3. The molecule has 0 radical (unpaired) electrons. The topological polar surface area (TPSA) is 118 Å². The molecule has 3 rings (SSSR count). The van der Waals surface area contributed by atoms with Crippen molar-refractivity contribution in [1.82, 2.24) is 0 Å². The Morgan fingerprint density at radius 2 is 1.72 bits per heavy atom. The van der Waals surface area contributed by atoms with Gasteiger partial charge in [0.2, 0.25) is 5.91 Å². The molecule has 7 nitrogen and oxygen atoms in total. The van der Waals surface area contributed by atoms with Crippen molar-refractivity contribution in [3.05, 3.63) is 88.4 Å². The number of anilines is 2. The summed E-state index contributed by atoms with van der Waals surface area (Å²) in [7, 11) is -3.98. The predicted molar refractivity (Wildman–Crippen MR) is 125 cm³/mol. The Morgan fingerprint density at radius 3 is 2.38 bits per heavy atom. The molecule has 4 N–H and O–H groups in total. The summed E-state index contributed by atoms with van der Waals surface area (Å²) in [4.78, 5) is 24.0. The first kappa shape index (κ1) is 23.5. The van der Waals surface area contributed by atoms with Crippen molar-refractivity contribution in [1.29, 1.82) is 0 Å². The molecule has 3 aromatic carbocycles. The molecule has 0 saturated heterocycles. The van der Waals surface area contributed by atoms with E-state index in [0.29, 0.717) is 16.3 Å². The van der Waals surface area contributed by atoms with E-state index in [-0.39, 0.29) is 40.8 Å². The number of nitrogens with two attached hydrogens (primary N) is 1. The van der Waals surface area contributed by atoms with Gasteiger partial charge in [0.25, 0.3) is 10.0 Å². The zero-order chi connectivity index (χ0) is 23.3. The summed E-state index contributed by atoms with van der Waals surface area (Å²) in [5.74, 6) is -0.508. The van der Waals surface area contributed by atoms with Gasteiger partial charge in [0.15, 0.2) is 5.78 Å². The molecule has 3 aromatic rings. The molecular formula is C23H22ClN3O4S. The highest BCUT2D eigenvalue weighted by atomic mass is 35.5. The van der Waals surface area contributed by atoms with Crippen LogP contribution in [0.15, 0.2) is 71.6 Å². The fourth-order valence-electron chi connectivity index (χ4n) is 3.01. The van der Waals surface area contributed by atoms with Crippen LogP contribution in [0.1, 0.15) is 28.4 Å². The quantitative estimate of drug-likeness (QED) is 0.429. The highest BCUT2D eigenvalue weighted by molar-refractivity contribution is 7.92. The van der Waals surface area contributed by atoms with Gasteiger partial charge >= 0.3 is 0 Å². The van der Waals surface area contributed by atoms with Gasteiger partial charge in [-0.2, -0.15) is 0 Å². The maximum absolute atomic E-state index is 12.9. The number of amides is 1. The minimum absolute atomic E-state index is 0.0506. The van der Waals surface area contributed by atoms with Crippen molar-refractivity contribution in [2.24, 2.45) is 5.73 Å². The Morgan fingerprint density at radius 1 is 1.00 bits per heavy atom. The van der Waals surface area contributed by atoms with E-state index in [2.05, 4.69) is 10.0 Å². The third kappa shape index (κ3) is 5.94. The highest BCUT2D eigenvalue weighted by Gasteiger charge is 2.18. The summed E-state index contributed by atoms with van der Waals surface area (Å²) >= 11 is 5.86. The zero-order valence-corrected chi connectivity index (χ0v) is 18.8. The van der Waals surface area contributed by atoms with Gasteiger partial charge in [-0.15, -0.1) is 0 Å². The van der Waals surface area contributed by atoms with Gasteiger partial charge in [-0.25, -0.2) is 8.42 Å². The summed E-state index contributed by atoms with van der Waals surface area (Å²) < 4.78 is 28.3. The van der Waals surface area contributed by atoms with Crippen molar-refractivity contribution < 1.29 is 18.0 Å². The van der Waals surface area contributed by atoms with Crippen molar-refractivity contribution in [2.75, 3.05) is 10.0 Å². The van der Waals surface area contributed by atoms with Crippen molar-refractivity contribution in [3.63, 3.8) is 0 Å². The minimum Gasteiger partial charge on any atom is -0.326 e. The Labute approximate surface area is 191 Å². The van der Waals surface area contributed by atoms with Crippen LogP contribution in [0.3, 0.4) is 0 Å². The Hall–Kier alpha value is -3.20. The average molecular weight is 472 g/mol. The van der Waals surface area contributed by atoms with Gasteiger partial charge in [0, 0.05) is 22.8 Å². The Kier molecular flexibility index (Phi) is 7.29. The van der Waals surface area contributed by atoms with E-state index in [9.17, 15) is 18.0 Å². The molecule has 9 heteroatoms. The number of carbonyl (C=O) groups excluding carboxylic acids is 2. The fourth-order valence-corrected chi connectivity index (χ4v) is 4.27. The smallest absolute Gasteiger partial charge is 0.261 e. The van der Waals surface area contributed by atoms with Crippen LogP contribution in [0.2, 0.25) is 5.02 Å². The summed E-state index contributed by atoms with van der Waals surface area (Å²) in [6.45, 7) is 1.45. The summed E-state index contributed by atoms with van der Waals surface area (Å²) in [5, 5.41) is 3.33. The van der Waals surface area contributed by atoms with Crippen LogP contribution in [0.25, 0.3) is 0 Å². The molecule has 0 heterocycles. The third-order valence-corrected chi connectivity index (χ3v) is 6.30. The van der Waals surface area contributed by atoms with Crippen LogP contribution in [-0.2, 0) is 27.8 Å². The van der Waals surface area contributed by atoms with Crippen molar-refractivity contribution in [3.8, 4) is 0 Å². The summed E-state index contributed by atoms with van der Waals surface area (Å²) in [5.41, 5.74) is 8.04. The number of ketones is 1. The maximum atomic E-state index is 12.9. The van der Waals surface area contributed by atoms with Crippen molar-refractivity contribution >= 4 is 44.7 Å². The largest absolute Gasteiger partial charge is 0.326 e. The summed E-state index contributed by atoms with van der Waals surface area (Å²) in [6, 6.07) is 17.5. The fraction of sp³-hybridized carbons (Fsp3) is 0.130. The second-order valence-electron chi connectivity index (χ2n) is 7.12. The van der Waals surface area contributed by atoms with E-state index >= 15 is 0 Å². The van der Waals surface area contributed by atoms with Gasteiger partial charge in [0.05, 0.1) is 17.0 Å². The number of rotatable bonds is 8. The highest BCUT2D eigenvalue weighted by Crippen LogP contribution is 2.25. The molecule has 0 aliphatic carbocycles. The first-order chi connectivity index (χ1) is 15.2. The molecule has 1 amide bonds. The number of hydrogen-bond donors (Lipinski definition) is 3. The number of hydrogen-bond acceptors (Lipinski definition) is 5. The van der Waals surface area contributed by atoms with Crippen LogP contribution in [-0.4, -0.2) is 20.1 Å². The number of halogens is 1. The molecule has 0 atom stereocenters. The van der Waals surface area contributed by atoms with Gasteiger partial charge in [0.1, 0.15) is 0 Å². The van der Waals surface area contributed by atoms with E-state index < -0.39 is 10.0 Å². The lowest BCUT2D eigenvalue weighted by Gasteiger charge is -2.14. The molecule has 0 bridgehead atoms. The lowest BCUT2D eigenvalue weighted by Crippen LogP contribution is -2.17. The van der Waals surface area contributed by atoms with E-state index in [0.717, 1.165) is 5.56 Å². The number of sulfonamides is 1. The molecule has 0 fully saturated rings. The normalized spacial score (nSPS) is 11.1. The van der Waals surface area contributed by atoms with Crippen LogP contribution in [0, 0.1) is 0 Å². The number of nitrogens with one attached hydrogen (secondary N) is 2. The van der Waals surface area contributed by atoms with E-state index in [1.54, 1.807) is 42.5 Å². The molecule has 32 heavy (non-hydrogen) atoms. The van der Waals surface area contributed by atoms with E-state index in [4.69, 9.17) is 17.3 Å². The molecule has 0 aromatic heterocycles. The third-order valence-electron chi connectivity index (χ3n) is 4.69. The van der Waals surface area contributed by atoms with Gasteiger partial charge < -0.3 is 11.1 Å². The molecular weight excluding hydrogens is 450 g/mol. The Bertz CT molecular complexity index is 1260. The standard InChI is InChI=1S/C23H22ClN3O4S/c1-15(28)17-3-2-4-21(12-17)32(30,31)27-22-13-20(10-7-18(22)14-25)26-23(29)11-16-5-8-19(24)9-6-16/h2-10,12-13,27H,11,14,25H2,1H3,(H,26,29). The average Bonchev–Trinajstić information content (AvgIpc) is 2.75. The first-order valence-electron chi connectivity index (χ1n) is 9.69. The second-order valence-corrected chi connectivity index (χ2v) is 9.24. The molecule has 166 valence electrons. The maximum Gasteiger partial charge on any atom is 0.261 e. The van der Waals surface area contributed by atoms with Gasteiger partial charge in [-0.3, -0.25) is 14.3 Å². The van der Waals surface area contributed by atoms with E-state index in [1.165, 1.54) is 31.2 Å². The molecule has 0 aliphatic heterocycles. The minimum atomic E-state index is -3.98. The van der Waals surface area contributed by atoms with Crippen LogP contribution >= 0.6 is 11.6 Å². The summed E-state index contributed by atoms with van der Waals surface area (Å²) in [6.07, 6.45) is 0.134. The van der Waals surface area contributed by atoms with Gasteiger partial charge in [-0.05, 0) is 54.4 Å². The molecule has 0 spiro atoms. The van der Waals surface area contributed by atoms with Crippen LogP contribution in [0.4, 0.5) is 11.4 Å². The number of Topliss-reactive ketones (excluding diaryl/α,β-unsaturated/α-hetero) is 1. The molecule has 0 aliphatic rings. The van der Waals surface area contributed by atoms with E-state index in [1.807, 2.05) is 0 Å². The lowest BCUT2D eigenvalue weighted by molar-refractivity contribution is -0.115. The first-order valence-corrected chi connectivity index (χ1v) is 11.5. The van der Waals surface area contributed by atoms with Crippen LogP contribution < -0.4 is 15.8 Å². The lowest BCUT2D eigenvalue weighted by atomic mass is 10.1. The number of carbonyl (C=O) groups is 2. The monoisotopic (exact) mass is 471 g/mol. The van der Waals surface area contributed by atoms with Gasteiger partial charge in [-0.1, -0.05) is 41.9 Å².